The van der Waals surface area contributed by atoms with Gasteiger partial charge in [-0.25, -0.2) is 5.10 Å². The second-order valence-electron chi connectivity index (χ2n) is 5.40. The Morgan fingerprint density at radius 3 is 2.87 bits per heavy atom. The summed E-state index contributed by atoms with van der Waals surface area (Å²) in [5.74, 6) is 1.01. The molecule has 0 aromatic carbocycles. The number of aromatic nitrogens is 4. The highest BCUT2D eigenvalue weighted by atomic mass is 32.1. The van der Waals surface area contributed by atoms with Crippen LogP contribution in [0.5, 0.6) is 0 Å². The molecule has 0 radical (unpaired) electrons. The van der Waals surface area contributed by atoms with Crippen molar-refractivity contribution in [2.75, 3.05) is 5.32 Å². The number of hydrogen-bond acceptors (Lipinski definition) is 5. The molecule has 0 unspecified atom stereocenters. The molecule has 3 aromatic heterocycles. The van der Waals surface area contributed by atoms with Crippen molar-refractivity contribution in [3.05, 3.63) is 56.1 Å². The predicted molar refractivity (Wildman–Crippen MR) is 86.1 cm³/mol. The van der Waals surface area contributed by atoms with Crippen LogP contribution in [0.3, 0.4) is 0 Å². The fourth-order valence-corrected chi connectivity index (χ4v) is 3.64. The quantitative estimate of drug-likeness (QED) is 0.750. The highest BCUT2D eigenvalue weighted by Gasteiger charge is 2.33. The molecule has 2 N–H and O–H groups in total. The second-order valence-corrected chi connectivity index (χ2v) is 6.18. The number of amides is 1. The van der Waals surface area contributed by atoms with Gasteiger partial charge in [0.15, 0.2) is 5.82 Å². The molecule has 0 fully saturated rings. The lowest BCUT2D eigenvalue weighted by Crippen LogP contribution is -2.25. The van der Waals surface area contributed by atoms with Crippen LogP contribution >= 0.6 is 11.3 Å². The van der Waals surface area contributed by atoms with Crippen LogP contribution in [-0.2, 0) is 4.79 Å². The van der Waals surface area contributed by atoms with Gasteiger partial charge in [-0.1, -0.05) is 0 Å². The van der Waals surface area contributed by atoms with Gasteiger partial charge in [-0.2, -0.15) is 26.2 Å². The van der Waals surface area contributed by atoms with Gasteiger partial charge in [-0.3, -0.25) is 9.59 Å². The molecule has 4 rings (SSSR count). The number of nitrogens with one attached hydrogen (secondary N) is 2. The van der Waals surface area contributed by atoms with Crippen LogP contribution in [0.4, 0.5) is 5.82 Å². The van der Waals surface area contributed by atoms with E-state index in [1.807, 2.05) is 18.4 Å². The Labute approximate surface area is 135 Å². The zero-order chi connectivity index (χ0) is 16.0. The third-order valence-electron chi connectivity index (χ3n) is 3.93. The van der Waals surface area contributed by atoms with Crippen LogP contribution in [0.1, 0.15) is 29.2 Å². The predicted octanol–water partition coefficient (Wildman–Crippen LogP) is 1.80. The van der Waals surface area contributed by atoms with Gasteiger partial charge in [0.2, 0.25) is 5.91 Å². The van der Waals surface area contributed by atoms with E-state index >= 15 is 0 Å². The Balaban J connectivity index is 1.90. The molecule has 1 aliphatic rings. The first-order valence-electron chi connectivity index (χ1n) is 7.11. The van der Waals surface area contributed by atoms with Crippen molar-refractivity contribution in [2.24, 2.45) is 0 Å². The topological polar surface area (TPSA) is 92.7 Å². The van der Waals surface area contributed by atoms with Crippen LogP contribution < -0.4 is 10.9 Å². The summed E-state index contributed by atoms with van der Waals surface area (Å²) in [6.45, 7) is 1.91. The molecular formula is C15H13N5O2S. The molecule has 7 nitrogen and oxygen atoms in total. The average molecular weight is 327 g/mol. The molecule has 1 aliphatic heterocycles. The Morgan fingerprint density at radius 1 is 1.30 bits per heavy atom. The minimum Gasteiger partial charge on any atom is -0.310 e. The third-order valence-corrected chi connectivity index (χ3v) is 4.63. The van der Waals surface area contributed by atoms with Crippen LogP contribution in [0, 0.1) is 6.92 Å². The average Bonchev–Trinajstić information content (AvgIpc) is 3.16. The molecule has 0 saturated carbocycles. The number of aromatic amines is 1. The molecule has 8 heteroatoms. The van der Waals surface area contributed by atoms with Crippen molar-refractivity contribution in [1.82, 2.24) is 20.0 Å². The van der Waals surface area contributed by atoms with E-state index < -0.39 is 0 Å². The Bertz CT molecular complexity index is 921. The van der Waals surface area contributed by atoms with Crippen molar-refractivity contribution in [1.29, 1.82) is 0 Å². The van der Waals surface area contributed by atoms with Gasteiger partial charge in [0, 0.05) is 24.0 Å². The Morgan fingerprint density at radius 2 is 2.17 bits per heavy atom. The summed E-state index contributed by atoms with van der Waals surface area (Å²) in [6.07, 6.45) is 0.398. The van der Waals surface area contributed by atoms with Gasteiger partial charge >= 0.3 is 0 Å². The molecule has 1 amide bonds. The largest absolute Gasteiger partial charge is 0.310 e. The second kappa shape index (κ2) is 5.17. The van der Waals surface area contributed by atoms with Crippen molar-refractivity contribution >= 4 is 23.1 Å². The number of H-pyrrole nitrogens is 1. The Kier molecular flexibility index (Phi) is 3.12. The van der Waals surface area contributed by atoms with Crippen LogP contribution in [-0.4, -0.2) is 25.9 Å². The van der Waals surface area contributed by atoms with Gasteiger partial charge in [-0.05, 0) is 35.4 Å². The van der Waals surface area contributed by atoms with E-state index in [0.717, 1.165) is 16.8 Å². The lowest BCUT2D eigenvalue weighted by atomic mass is 9.87. The van der Waals surface area contributed by atoms with Gasteiger partial charge in [0.05, 0.1) is 5.69 Å². The highest BCUT2D eigenvalue weighted by molar-refractivity contribution is 7.08. The fraction of sp³-hybridized carbons (Fsp3) is 0.200. The summed E-state index contributed by atoms with van der Waals surface area (Å²) < 4.78 is 1.57. The summed E-state index contributed by atoms with van der Waals surface area (Å²) in [6, 6.07) is 4.99. The minimum atomic E-state index is -0.285. The van der Waals surface area contributed by atoms with Gasteiger partial charge in [0.25, 0.3) is 5.56 Å². The van der Waals surface area contributed by atoms with E-state index in [0.29, 0.717) is 18.1 Å². The molecule has 0 bridgehead atoms. The SMILES string of the molecule is Cc1nn(-c2ccc(=O)[nH]n2)c2c1[C@@H](c1ccsc1)CC(=O)N2. The smallest absolute Gasteiger partial charge is 0.264 e. The monoisotopic (exact) mass is 327 g/mol. The first-order chi connectivity index (χ1) is 11.1. The molecule has 1 atom stereocenters. The van der Waals surface area contributed by atoms with E-state index in [4.69, 9.17) is 0 Å². The standard InChI is InChI=1S/C15H13N5O2S/c1-8-14-10(9-4-5-23-7-9)6-13(22)16-15(14)20(19-8)11-2-3-12(21)18-17-11/h2-5,7,10H,6H2,1H3,(H,16,22)(H,18,21)/t10-/m1/s1. The van der Waals surface area contributed by atoms with Crippen LogP contribution in [0.2, 0.25) is 0 Å². The Hall–Kier alpha value is -2.74. The summed E-state index contributed by atoms with van der Waals surface area (Å²) in [5.41, 5.74) is 2.66. The molecule has 0 spiro atoms. The van der Waals surface area contributed by atoms with Crippen molar-refractivity contribution in [3.63, 3.8) is 0 Å². The molecule has 0 aliphatic carbocycles. The molecule has 116 valence electrons. The van der Waals surface area contributed by atoms with Crippen LogP contribution in [0.15, 0.2) is 33.8 Å². The van der Waals surface area contributed by atoms with E-state index in [1.165, 1.54) is 6.07 Å². The summed E-state index contributed by atoms with van der Waals surface area (Å²) in [4.78, 5) is 23.3. The van der Waals surface area contributed by atoms with E-state index in [9.17, 15) is 9.59 Å². The molecule has 23 heavy (non-hydrogen) atoms. The highest BCUT2D eigenvalue weighted by Crippen LogP contribution is 2.40. The molecular weight excluding hydrogens is 314 g/mol. The normalized spacial score (nSPS) is 16.9. The maximum atomic E-state index is 12.2. The molecule has 3 aromatic rings. The zero-order valence-electron chi connectivity index (χ0n) is 12.2. The van der Waals surface area contributed by atoms with E-state index in [1.54, 1.807) is 22.1 Å². The maximum absolute atomic E-state index is 12.2. The summed E-state index contributed by atoms with van der Waals surface area (Å²) in [5, 5.41) is 17.8. The number of nitrogens with zero attached hydrogens (tertiary/aromatic N) is 3. The van der Waals surface area contributed by atoms with E-state index in [2.05, 4.69) is 26.0 Å². The number of hydrogen-bond donors (Lipinski definition) is 2. The molecule has 0 saturated heterocycles. The summed E-state index contributed by atoms with van der Waals surface area (Å²) in [7, 11) is 0. The number of anilines is 1. The summed E-state index contributed by atoms with van der Waals surface area (Å²) >= 11 is 1.61. The lowest BCUT2D eigenvalue weighted by Gasteiger charge is -2.23. The van der Waals surface area contributed by atoms with Gasteiger partial charge < -0.3 is 5.32 Å². The number of rotatable bonds is 2. The number of carbonyl (C=O) groups is 1. The minimum absolute atomic E-state index is 0.0125. The van der Waals surface area contributed by atoms with Gasteiger partial charge in [0.1, 0.15) is 5.82 Å². The van der Waals surface area contributed by atoms with Crippen molar-refractivity contribution < 1.29 is 4.79 Å². The number of fused-ring (bicyclic) bond motifs is 1. The third kappa shape index (κ3) is 2.27. The fourth-order valence-electron chi connectivity index (χ4n) is 2.93. The molecule has 4 heterocycles. The first kappa shape index (κ1) is 13.9. The zero-order valence-corrected chi connectivity index (χ0v) is 13.1. The lowest BCUT2D eigenvalue weighted by molar-refractivity contribution is -0.116. The number of carbonyl (C=O) groups excluding carboxylic acids is 1. The van der Waals surface area contributed by atoms with E-state index in [-0.39, 0.29) is 17.4 Å². The van der Waals surface area contributed by atoms with Crippen LogP contribution in [0.25, 0.3) is 5.82 Å². The van der Waals surface area contributed by atoms with Crippen molar-refractivity contribution in [2.45, 2.75) is 19.3 Å². The van der Waals surface area contributed by atoms with Gasteiger partial charge in [-0.15, -0.1) is 0 Å². The maximum Gasteiger partial charge on any atom is 0.264 e. The van der Waals surface area contributed by atoms with Crippen molar-refractivity contribution in [3.8, 4) is 5.82 Å². The number of aryl methyl sites for hydroxylation is 1. The number of thiophene rings is 1. The first-order valence-corrected chi connectivity index (χ1v) is 8.05.